The summed E-state index contributed by atoms with van der Waals surface area (Å²) in [5.41, 5.74) is 6.96. The number of rotatable bonds is 6. The Morgan fingerprint density at radius 1 is 0.938 bits per heavy atom. The van der Waals surface area contributed by atoms with E-state index in [2.05, 4.69) is 4.98 Å². The van der Waals surface area contributed by atoms with Crippen LogP contribution in [0, 0.1) is 5.92 Å². The van der Waals surface area contributed by atoms with E-state index >= 15 is 0 Å². The van der Waals surface area contributed by atoms with Crippen molar-refractivity contribution in [1.29, 1.82) is 0 Å². The van der Waals surface area contributed by atoms with Gasteiger partial charge in [-0.25, -0.2) is 4.79 Å². The minimum atomic E-state index is -0.642. The van der Waals surface area contributed by atoms with Crippen LogP contribution in [0.1, 0.15) is 43.2 Å². The number of hydrogen-bond donors (Lipinski definition) is 2. The lowest BCUT2D eigenvalue weighted by molar-refractivity contribution is -0.123. The highest BCUT2D eigenvalue weighted by molar-refractivity contribution is 5.97. The number of carbonyl (C=O) groups excluding carboxylic acids is 1. The molecule has 1 saturated carbocycles. The van der Waals surface area contributed by atoms with Gasteiger partial charge >= 0.3 is 5.69 Å². The van der Waals surface area contributed by atoms with Crippen LogP contribution < -0.4 is 21.9 Å². The second kappa shape index (κ2) is 9.68. The Balaban J connectivity index is 1.78. The van der Waals surface area contributed by atoms with E-state index in [1.807, 2.05) is 60.7 Å². The van der Waals surface area contributed by atoms with Crippen LogP contribution in [0.5, 0.6) is 0 Å². The molecule has 0 aliphatic heterocycles. The lowest BCUT2D eigenvalue weighted by Gasteiger charge is -2.30. The number of aromatic amines is 1. The predicted molar refractivity (Wildman–Crippen MR) is 125 cm³/mol. The van der Waals surface area contributed by atoms with Gasteiger partial charge in [-0.1, -0.05) is 79.9 Å². The topological polar surface area (TPSA) is 101 Å². The van der Waals surface area contributed by atoms with Crippen molar-refractivity contribution in [3.63, 3.8) is 0 Å². The van der Waals surface area contributed by atoms with Crippen LogP contribution in [0.3, 0.4) is 0 Å². The lowest BCUT2D eigenvalue weighted by atomic mass is 9.88. The third-order valence-electron chi connectivity index (χ3n) is 6.07. The van der Waals surface area contributed by atoms with E-state index in [4.69, 9.17) is 5.73 Å². The quantitative estimate of drug-likeness (QED) is 0.624. The molecule has 1 heterocycles. The van der Waals surface area contributed by atoms with E-state index in [9.17, 15) is 14.4 Å². The molecule has 1 amide bonds. The molecule has 1 aromatic heterocycles. The van der Waals surface area contributed by atoms with Crippen molar-refractivity contribution in [3.05, 3.63) is 92.6 Å². The fourth-order valence-corrected chi connectivity index (χ4v) is 4.36. The highest BCUT2D eigenvalue weighted by atomic mass is 16.2. The molecular weight excluding hydrogens is 404 g/mol. The number of nitrogens with one attached hydrogen (secondary N) is 1. The van der Waals surface area contributed by atoms with E-state index in [1.54, 1.807) is 0 Å². The molecule has 1 aliphatic carbocycles. The van der Waals surface area contributed by atoms with Gasteiger partial charge in [-0.2, -0.15) is 0 Å². The standard InChI is InChI=1S/C25H28N4O3/c26-22-21(23(30)27-25(32)29(22)17-19-12-6-2-7-13-19)28(16-18-10-4-1-5-11-18)24(31)20-14-8-3-9-15-20/h1-2,4-7,10-13,20H,3,8-9,14-17,26H2,(H,27,30,32). The molecule has 7 heteroatoms. The van der Waals surface area contributed by atoms with Crippen molar-refractivity contribution in [2.75, 3.05) is 10.6 Å². The smallest absolute Gasteiger partial charge is 0.330 e. The summed E-state index contributed by atoms with van der Waals surface area (Å²) >= 11 is 0. The Morgan fingerprint density at radius 2 is 1.53 bits per heavy atom. The van der Waals surface area contributed by atoms with Gasteiger partial charge in [0.05, 0.1) is 13.1 Å². The number of carbonyl (C=O) groups is 1. The Morgan fingerprint density at radius 3 is 2.16 bits per heavy atom. The molecule has 0 spiro atoms. The normalized spacial score (nSPS) is 14.2. The van der Waals surface area contributed by atoms with Gasteiger partial charge in [-0.3, -0.25) is 24.0 Å². The SMILES string of the molecule is Nc1c(N(Cc2ccccc2)C(=O)C2CCCCC2)c(=O)[nH]c(=O)n1Cc1ccccc1. The Bertz CT molecular complexity index is 1180. The second-order valence-corrected chi connectivity index (χ2v) is 8.31. The number of aromatic nitrogens is 2. The highest BCUT2D eigenvalue weighted by Crippen LogP contribution is 2.29. The zero-order valence-electron chi connectivity index (χ0n) is 18.0. The summed E-state index contributed by atoms with van der Waals surface area (Å²) in [6.45, 7) is 0.416. The molecule has 2 aromatic carbocycles. The molecule has 166 valence electrons. The fraction of sp³-hybridized carbons (Fsp3) is 0.320. The van der Waals surface area contributed by atoms with E-state index in [0.29, 0.717) is 0 Å². The molecule has 0 bridgehead atoms. The highest BCUT2D eigenvalue weighted by Gasteiger charge is 2.30. The maximum atomic E-state index is 13.6. The summed E-state index contributed by atoms with van der Waals surface area (Å²) in [7, 11) is 0. The summed E-state index contributed by atoms with van der Waals surface area (Å²) < 4.78 is 1.32. The van der Waals surface area contributed by atoms with Gasteiger partial charge in [-0.05, 0) is 24.0 Å². The molecule has 0 radical (unpaired) electrons. The summed E-state index contributed by atoms with van der Waals surface area (Å²) in [6.07, 6.45) is 4.70. The van der Waals surface area contributed by atoms with Crippen LogP contribution in [0.2, 0.25) is 0 Å². The number of benzene rings is 2. The Kier molecular flexibility index (Phi) is 6.54. The molecule has 1 fully saturated rings. The number of H-pyrrole nitrogens is 1. The first kappa shape index (κ1) is 21.6. The third kappa shape index (κ3) is 4.66. The predicted octanol–water partition coefficient (Wildman–Crippen LogP) is 3.28. The molecule has 4 rings (SSSR count). The van der Waals surface area contributed by atoms with Gasteiger partial charge in [0.15, 0.2) is 5.69 Å². The van der Waals surface area contributed by atoms with Gasteiger partial charge < -0.3 is 5.73 Å². The number of hydrogen-bond acceptors (Lipinski definition) is 4. The first-order chi connectivity index (χ1) is 15.5. The molecule has 1 aliphatic rings. The maximum Gasteiger partial charge on any atom is 0.330 e. The van der Waals surface area contributed by atoms with Crippen LogP contribution in [-0.2, 0) is 17.9 Å². The van der Waals surface area contributed by atoms with Gasteiger partial charge in [0.2, 0.25) is 5.91 Å². The van der Waals surface area contributed by atoms with Crippen molar-refractivity contribution >= 4 is 17.4 Å². The number of nitrogen functional groups attached to an aromatic ring is 1. The summed E-state index contributed by atoms with van der Waals surface area (Å²) in [5.74, 6) is -0.265. The maximum absolute atomic E-state index is 13.6. The minimum absolute atomic E-state index is 0.00249. The molecule has 0 atom stereocenters. The first-order valence-electron chi connectivity index (χ1n) is 11.1. The zero-order chi connectivity index (χ0) is 22.5. The average Bonchev–Trinajstić information content (AvgIpc) is 2.82. The van der Waals surface area contributed by atoms with Crippen molar-refractivity contribution in [1.82, 2.24) is 9.55 Å². The second-order valence-electron chi connectivity index (χ2n) is 8.31. The molecule has 0 unspecified atom stereocenters. The van der Waals surface area contributed by atoms with Crippen LogP contribution in [0.25, 0.3) is 0 Å². The van der Waals surface area contributed by atoms with Crippen molar-refractivity contribution < 1.29 is 4.79 Å². The van der Waals surface area contributed by atoms with Gasteiger partial charge in [0.25, 0.3) is 5.56 Å². The van der Waals surface area contributed by atoms with Crippen molar-refractivity contribution in [3.8, 4) is 0 Å². The van der Waals surface area contributed by atoms with Crippen LogP contribution in [-0.4, -0.2) is 15.5 Å². The van der Waals surface area contributed by atoms with Crippen LogP contribution in [0.4, 0.5) is 11.5 Å². The lowest BCUT2D eigenvalue weighted by Crippen LogP contribution is -2.43. The summed E-state index contributed by atoms with van der Waals surface area (Å²) in [5, 5.41) is 0. The summed E-state index contributed by atoms with van der Waals surface area (Å²) in [4.78, 5) is 43.0. The van der Waals surface area contributed by atoms with Crippen molar-refractivity contribution in [2.24, 2.45) is 5.92 Å². The van der Waals surface area contributed by atoms with Gasteiger partial charge in [-0.15, -0.1) is 0 Å². The molecule has 0 saturated heterocycles. The van der Waals surface area contributed by atoms with Gasteiger partial charge in [0, 0.05) is 5.92 Å². The Labute approximate surface area is 186 Å². The van der Waals surface area contributed by atoms with E-state index in [1.165, 1.54) is 9.47 Å². The Hall–Kier alpha value is -3.61. The monoisotopic (exact) mass is 432 g/mol. The van der Waals surface area contributed by atoms with E-state index < -0.39 is 11.2 Å². The fourth-order valence-electron chi connectivity index (χ4n) is 4.36. The van der Waals surface area contributed by atoms with Gasteiger partial charge in [0.1, 0.15) is 5.82 Å². The molecule has 32 heavy (non-hydrogen) atoms. The molecule has 3 aromatic rings. The summed E-state index contributed by atoms with van der Waals surface area (Å²) in [6, 6.07) is 18.9. The number of amides is 1. The largest absolute Gasteiger partial charge is 0.383 e. The molecular formula is C25H28N4O3. The molecule has 7 nitrogen and oxygen atoms in total. The van der Waals surface area contributed by atoms with Crippen LogP contribution >= 0.6 is 0 Å². The number of anilines is 2. The van der Waals surface area contributed by atoms with E-state index in [-0.39, 0.29) is 36.4 Å². The van der Waals surface area contributed by atoms with E-state index in [0.717, 1.165) is 43.2 Å². The molecule has 3 N–H and O–H groups in total. The van der Waals surface area contributed by atoms with Crippen LogP contribution in [0.15, 0.2) is 70.3 Å². The third-order valence-corrected chi connectivity index (χ3v) is 6.07. The number of nitrogens with two attached hydrogens (primary N) is 1. The number of nitrogens with zero attached hydrogens (tertiary/aromatic N) is 2. The first-order valence-corrected chi connectivity index (χ1v) is 11.1. The van der Waals surface area contributed by atoms with Crippen molar-refractivity contribution in [2.45, 2.75) is 45.2 Å². The zero-order valence-corrected chi connectivity index (χ0v) is 18.0. The average molecular weight is 433 g/mol. The minimum Gasteiger partial charge on any atom is -0.383 e.